The van der Waals surface area contributed by atoms with E-state index >= 15 is 0 Å². The van der Waals surface area contributed by atoms with Crippen molar-refractivity contribution in [2.45, 2.75) is 78.9 Å². The summed E-state index contributed by atoms with van der Waals surface area (Å²) in [6.45, 7) is 12.7. The number of nitrogens with one attached hydrogen (secondary N) is 1. The van der Waals surface area contributed by atoms with E-state index < -0.39 is 6.04 Å². The summed E-state index contributed by atoms with van der Waals surface area (Å²) in [5.74, 6) is 0.0336. The zero-order chi connectivity index (χ0) is 15.5. The fourth-order valence-corrected chi connectivity index (χ4v) is 3.02. The van der Waals surface area contributed by atoms with Gasteiger partial charge in [0.2, 0.25) is 5.91 Å². The van der Waals surface area contributed by atoms with Crippen molar-refractivity contribution in [2.75, 3.05) is 6.54 Å². The van der Waals surface area contributed by atoms with Gasteiger partial charge in [0.05, 0.1) is 12.1 Å². The van der Waals surface area contributed by atoms with E-state index in [1.165, 1.54) is 0 Å². The lowest BCUT2D eigenvalue weighted by atomic mass is 9.84. The van der Waals surface area contributed by atoms with Crippen molar-refractivity contribution in [2.24, 2.45) is 5.41 Å². The van der Waals surface area contributed by atoms with Gasteiger partial charge >= 0.3 is 0 Å². The topological polar surface area (TPSA) is 49.4 Å². The van der Waals surface area contributed by atoms with Gasteiger partial charge < -0.3 is 5.32 Å². The van der Waals surface area contributed by atoms with Crippen LogP contribution in [0, 0.1) is 5.41 Å². The summed E-state index contributed by atoms with van der Waals surface area (Å²) in [6.07, 6.45) is 3.12. The van der Waals surface area contributed by atoms with Crippen molar-refractivity contribution in [3.63, 3.8) is 0 Å². The van der Waals surface area contributed by atoms with Crippen LogP contribution in [-0.2, 0) is 9.59 Å². The number of Topliss-reactive ketones (excluding diaryl/α,β-unsaturated/α-hetero) is 1. The average molecular weight is 282 g/mol. The molecule has 2 unspecified atom stereocenters. The minimum atomic E-state index is -0.411. The molecule has 0 aromatic rings. The highest BCUT2D eigenvalue weighted by molar-refractivity contribution is 5.90. The van der Waals surface area contributed by atoms with Crippen LogP contribution >= 0.6 is 0 Å². The molecule has 0 aromatic carbocycles. The Morgan fingerprint density at radius 2 is 1.80 bits per heavy atom. The van der Waals surface area contributed by atoms with Crippen molar-refractivity contribution in [3.05, 3.63) is 0 Å². The lowest BCUT2D eigenvalue weighted by Crippen LogP contribution is -2.57. The van der Waals surface area contributed by atoms with Gasteiger partial charge in [-0.2, -0.15) is 0 Å². The fraction of sp³-hybridized carbons (Fsp3) is 0.875. The number of likely N-dealkylation sites (tertiary alicyclic amines) is 1. The molecule has 1 heterocycles. The Morgan fingerprint density at radius 3 is 2.25 bits per heavy atom. The highest BCUT2D eigenvalue weighted by Gasteiger charge is 2.35. The Labute approximate surface area is 123 Å². The van der Waals surface area contributed by atoms with Gasteiger partial charge in [-0.05, 0) is 45.6 Å². The SMILES string of the molecule is CC(=O)C(NC(=O)C1CCCCN1C(C)C)C(C)(C)C. The molecule has 1 fully saturated rings. The molecule has 0 saturated carbocycles. The second-order valence-corrected chi connectivity index (χ2v) is 7.26. The zero-order valence-electron chi connectivity index (χ0n) is 13.8. The number of carbonyl (C=O) groups excluding carboxylic acids is 2. The number of rotatable bonds is 4. The first-order chi connectivity index (χ1) is 9.14. The van der Waals surface area contributed by atoms with Gasteiger partial charge in [0.1, 0.15) is 0 Å². The minimum absolute atomic E-state index is 0.00789. The summed E-state index contributed by atoms with van der Waals surface area (Å²) in [7, 11) is 0. The number of carbonyl (C=O) groups is 2. The summed E-state index contributed by atoms with van der Waals surface area (Å²) in [5, 5.41) is 2.98. The predicted molar refractivity (Wildman–Crippen MR) is 81.5 cm³/mol. The van der Waals surface area contributed by atoms with Crippen molar-refractivity contribution >= 4 is 11.7 Å². The van der Waals surface area contributed by atoms with Gasteiger partial charge in [0, 0.05) is 6.04 Å². The lowest BCUT2D eigenvalue weighted by Gasteiger charge is -2.39. The molecule has 1 N–H and O–H groups in total. The Hall–Kier alpha value is -0.900. The molecular formula is C16H30N2O2. The highest BCUT2D eigenvalue weighted by Crippen LogP contribution is 2.23. The molecule has 4 heteroatoms. The van der Waals surface area contributed by atoms with Crippen molar-refractivity contribution in [1.29, 1.82) is 0 Å². The number of piperidine rings is 1. The molecule has 0 bridgehead atoms. The summed E-state index contributed by atoms with van der Waals surface area (Å²) in [5.41, 5.74) is -0.251. The molecule has 1 aliphatic heterocycles. The molecule has 0 aromatic heterocycles. The molecule has 1 amide bonds. The fourth-order valence-electron chi connectivity index (χ4n) is 3.02. The lowest BCUT2D eigenvalue weighted by molar-refractivity contribution is -0.134. The molecule has 20 heavy (non-hydrogen) atoms. The summed E-state index contributed by atoms with van der Waals surface area (Å²) in [6, 6.07) is -0.143. The van der Waals surface area contributed by atoms with Crippen LogP contribution in [0.1, 0.15) is 60.8 Å². The molecule has 0 aliphatic carbocycles. The van der Waals surface area contributed by atoms with Gasteiger partial charge in [-0.3, -0.25) is 14.5 Å². The van der Waals surface area contributed by atoms with Gasteiger partial charge in [-0.1, -0.05) is 27.2 Å². The van der Waals surface area contributed by atoms with E-state index in [1.807, 2.05) is 20.8 Å². The van der Waals surface area contributed by atoms with E-state index in [9.17, 15) is 9.59 Å². The van der Waals surface area contributed by atoms with E-state index in [4.69, 9.17) is 0 Å². The highest BCUT2D eigenvalue weighted by atomic mass is 16.2. The Kier molecular flexibility index (Phi) is 5.75. The summed E-state index contributed by atoms with van der Waals surface area (Å²) in [4.78, 5) is 26.6. The smallest absolute Gasteiger partial charge is 0.237 e. The molecule has 0 radical (unpaired) electrons. The van der Waals surface area contributed by atoms with Crippen LogP contribution in [0.3, 0.4) is 0 Å². The van der Waals surface area contributed by atoms with Crippen LogP contribution in [-0.4, -0.2) is 41.3 Å². The largest absolute Gasteiger partial charge is 0.344 e. The maximum atomic E-state index is 12.6. The summed E-state index contributed by atoms with van der Waals surface area (Å²) < 4.78 is 0. The number of nitrogens with zero attached hydrogens (tertiary/aromatic N) is 1. The molecule has 1 aliphatic rings. The first kappa shape index (κ1) is 17.2. The first-order valence-electron chi connectivity index (χ1n) is 7.71. The van der Waals surface area contributed by atoms with Crippen molar-refractivity contribution < 1.29 is 9.59 Å². The van der Waals surface area contributed by atoms with Crippen LogP contribution in [0.15, 0.2) is 0 Å². The van der Waals surface area contributed by atoms with E-state index in [2.05, 4.69) is 24.1 Å². The third-order valence-corrected chi connectivity index (χ3v) is 4.07. The molecule has 1 saturated heterocycles. The van der Waals surface area contributed by atoms with E-state index in [1.54, 1.807) is 6.92 Å². The Morgan fingerprint density at radius 1 is 1.20 bits per heavy atom. The third kappa shape index (κ3) is 4.30. The first-order valence-corrected chi connectivity index (χ1v) is 7.71. The second-order valence-electron chi connectivity index (χ2n) is 7.26. The average Bonchev–Trinajstić information content (AvgIpc) is 2.33. The van der Waals surface area contributed by atoms with Crippen LogP contribution in [0.2, 0.25) is 0 Å². The van der Waals surface area contributed by atoms with Crippen LogP contribution in [0.25, 0.3) is 0 Å². The normalized spacial score (nSPS) is 22.6. The molecule has 2 atom stereocenters. The van der Waals surface area contributed by atoms with Crippen LogP contribution in [0.5, 0.6) is 0 Å². The van der Waals surface area contributed by atoms with Gasteiger partial charge in [0.25, 0.3) is 0 Å². The monoisotopic (exact) mass is 282 g/mol. The molecular weight excluding hydrogens is 252 g/mol. The van der Waals surface area contributed by atoms with Gasteiger partial charge in [-0.15, -0.1) is 0 Å². The molecule has 116 valence electrons. The standard InChI is InChI=1S/C16H30N2O2/c1-11(2)18-10-8-7-9-13(18)15(20)17-14(12(3)19)16(4,5)6/h11,13-14H,7-10H2,1-6H3,(H,17,20). The Balaban J connectivity index is 2.79. The van der Waals surface area contributed by atoms with Gasteiger partial charge in [0.15, 0.2) is 5.78 Å². The number of amides is 1. The van der Waals surface area contributed by atoms with Gasteiger partial charge in [-0.25, -0.2) is 0 Å². The quantitative estimate of drug-likeness (QED) is 0.861. The molecule has 0 spiro atoms. The van der Waals surface area contributed by atoms with Crippen LogP contribution in [0.4, 0.5) is 0 Å². The molecule has 4 nitrogen and oxygen atoms in total. The summed E-state index contributed by atoms with van der Waals surface area (Å²) >= 11 is 0. The number of ketones is 1. The third-order valence-electron chi connectivity index (χ3n) is 4.07. The maximum absolute atomic E-state index is 12.6. The van der Waals surface area contributed by atoms with Crippen LogP contribution < -0.4 is 5.32 Å². The number of hydrogen-bond acceptors (Lipinski definition) is 3. The predicted octanol–water partition coefficient (Wildman–Crippen LogP) is 2.37. The van der Waals surface area contributed by atoms with E-state index in [-0.39, 0.29) is 23.1 Å². The van der Waals surface area contributed by atoms with E-state index in [0.717, 1.165) is 25.8 Å². The van der Waals surface area contributed by atoms with Crippen molar-refractivity contribution in [3.8, 4) is 0 Å². The second kappa shape index (κ2) is 6.70. The van der Waals surface area contributed by atoms with E-state index in [0.29, 0.717) is 6.04 Å². The molecule has 1 rings (SSSR count). The minimum Gasteiger partial charge on any atom is -0.344 e. The Bertz CT molecular complexity index is 358. The number of hydrogen-bond donors (Lipinski definition) is 1. The zero-order valence-corrected chi connectivity index (χ0v) is 13.8. The van der Waals surface area contributed by atoms with Crippen molar-refractivity contribution in [1.82, 2.24) is 10.2 Å². The maximum Gasteiger partial charge on any atom is 0.237 e.